The van der Waals surface area contributed by atoms with Gasteiger partial charge in [0.05, 0.1) is 10.5 Å². The molecule has 130 valence electrons. The summed E-state index contributed by atoms with van der Waals surface area (Å²) in [5, 5.41) is 10.8. The lowest BCUT2D eigenvalue weighted by atomic mass is 10.0. The van der Waals surface area contributed by atoms with Crippen molar-refractivity contribution >= 4 is 29.0 Å². The van der Waals surface area contributed by atoms with Gasteiger partial charge in [-0.1, -0.05) is 49.7 Å². The molecule has 0 fully saturated rings. The number of nitro benzene ring substituents is 1. The molecule has 2 aromatic rings. The van der Waals surface area contributed by atoms with Gasteiger partial charge in [0.2, 0.25) is 0 Å². The lowest BCUT2D eigenvalue weighted by molar-refractivity contribution is -0.384. The van der Waals surface area contributed by atoms with Gasteiger partial charge in [-0.2, -0.15) is 0 Å². The topological polar surface area (TPSA) is 86.5 Å². The molecular formula is C18H16ClNO5. The first-order chi connectivity index (χ1) is 11.8. The quantitative estimate of drug-likeness (QED) is 0.329. The monoisotopic (exact) mass is 361 g/mol. The van der Waals surface area contributed by atoms with Gasteiger partial charge < -0.3 is 4.74 Å². The van der Waals surface area contributed by atoms with Crippen LogP contribution in [0.15, 0.2) is 42.5 Å². The number of nitro groups is 1. The zero-order valence-corrected chi connectivity index (χ0v) is 14.4. The van der Waals surface area contributed by atoms with Gasteiger partial charge in [-0.25, -0.2) is 4.79 Å². The van der Waals surface area contributed by atoms with E-state index in [0.29, 0.717) is 11.5 Å². The standard InChI is InChI=1S/C18H16ClNO5/c1-11(2)12-3-5-13(6-4-12)17(21)10-25-18(22)14-7-8-15(19)16(9-14)20(23)24/h3-9,11H,10H2,1-2H3. The van der Waals surface area contributed by atoms with Crippen LogP contribution in [0.1, 0.15) is 46.0 Å². The summed E-state index contributed by atoms with van der Waals surface area (Å²) >= 11 is 5.69. The molecule has 0 spiro atoms. The summed E-state index contributed by atoms with van der Waals surface area (Å²) in [4.78, 5) is 34.2. The molecule has 0 aromatic heterocycles. The van der Waals surface area contributed by atoms with Gasteiger partial charge in [-0.05, 0) is 23.6 Å². The van der Waals surface area contributed by atoms with Gasteiger partial charge in [-0.15, -0.1) is 0 Å². The smallest absolute Gasteiger partial charge is 0.338 e. The molecule has 7 heteroatoms. The Hall–Kier alpha value is -2.73. The Morgan fingerprint density at radius 3 is 2.28 bits per heavy atom. The molecule has 0 aliphatic rings. The number of Topliss-reactive ketones (excluding diaryl/α,β-unsaturated/α-hetero) is 1. The van der Waals surface area contributed by atoms with E-state index in [9.17, 15) is 19.7 Å². The fraction of sp³-hybridized carbons (Fsp3) is 0.222. The third-order valence-corrected chi connectivity index (χ3v) is 3.93. The molecule has 0 aliphatic carbocycles. The van der Waals surface area contributed by atoms with Crippen LogP contribution in [0.25, 0.3) is 0 Å². The Morgan fingerprint density at radius 1 is 1.12 bits per heavy atom. The molecule has 0 heterocycles. The molecule has 6 nitrogen and oxygen atoms in total. The van der Waals surface area contributed by atoms with E-state index in [4.69, 9.17) is 16.3 Å². The maximum Gasteiger partial charge on any atom is 0.338 e. The van der Waals surface area contributed by atoms with Crippen LogP contribution in [0.4, 0.5) is 5.69 Å². The van der Waals surface area contributed by atoms with Crippen molar-refractivity contribution in [2.75, 3.05) is 6.61 Å². The first-order valence-electron chi connectivity index (χ1n) is 7.54. The number of ketones is 1. The molecule has 0 saturated heterocycles. The van der Waals surface area contributed by atoms with Crippen LogP contribution >= 0.6 is 11.6 Å². The van der Waals surface area contributed by atoms with Crippen LogP contribution < -0.4 is 0 Å². The molecule has 0 amide bonds. The highest BCUT2D eigenvalue weighted by Crippen LogP contribution is 2.25. The van der Waals surface area contributed by atoms with E-state index in [-0.39, 0.29) is 16.4 Å². The zero-order chi connectivity index (χ0) is 18.6. The van der Waals surface area contributed by atoms with Crippen LogP contribution in [0.5, 0.6) is 0 Å². The van der Waals surface area contributed by atoms with Crippen LogP contribution in [0.3, 0.4) is 0 Å². The molecule has 2 aromatic carbocycles. The van der Waals surface area contributed by atoms with Gasteiger partial charge in [0, 0.05) is 11.6 Å². The van der Waals surface area contributed by atoms with Crippen molar-refractivity contribution < 1.29 is 19.2 Å². The van der Waals surface area contributed by atoms with Crippen molar-refractivity contribution in [3.05, 3.63) is 74.3 Å². The number of halogens is 1. The van der Waals surface area contributed by atoms with Gasteiger partial charge in [0.15, 0.2) is 12.4 Å². The van der Waals surface area contributed by atoms with Crippen LogP contribution in [-0.4, -0.2) is 23.3 Å². The summed E-state index contributed by atoms with van der Waals surface area (Å²) in [5.41, 5.74) is 1.09. The Bertz CT molecular complexity index is 815. The zero-order valence-electron chi connectivity index (χ0n) is 13.7. The number of carbonyl (C=O) groups excluding carboxylic acids is 2. The highest BCUT2D eigenvalue weighted by atomic mass is 35.5. The largest absolute Gasteiger partial charge is 0.454 e. The minimum absolute atomic E-state index is 0.0425. The third kappa shape index (κ3) is 4.64. The number of ether oxygens (including phenoxy) is 1. The predicted molar refractivity (Wildman–Crippen MR) is 93.3 cm³/mol. The van der Waals surface area contributed by atoms with Crippen molar-refractivity contribution in [1.29, 1.82) is 0 Å². The lowest BCUT2D eigenvalue weighted by Gasteiger charge is -2.07. The van der Waals surface area contributed by atoms with Gasteiger partial charge in [0.25, 0.3) is 5.69 Å². The Morgan fingerprint density at radius 2 is 1.72 bits per heavy atom. The summed E-state index contributed by atoms with van der Waals surface area (Å²) in [7, 11) is 0. The van der Waals surface area contributed by atoms with Gasteiger partial charge in [-0.3, -0.25) is 14.9 Å². The van der Waals surface area contributed by atoms with Gasteiger partial charge in [0.1, 0.15) is 5.02 Å². The average molecular weight is 362 g/mol. The molecule has 0 unspecified atom stereocenters. The van der Waals surface area contributed by atoms with Gasteiger partial charge >= 0.3 is 5.97 Å². The predicted octanol–water partition coefficient (Wildman–Crippen LogP) is 4.41. The lowest BCUT2D eigenvalue weighted by Crippen LogP contribution is -2.14. The average Bonchev–Trinajstić information content (AvgIpc) is 2.59. The third-order valence-electron chi connectivity index (χ3n) is 3.61. The molecule has 0 saturated carbocycles. The van der Waals surface area contributed by atoms with Crippen LogP contribution in [0.2, 0.25) is 5.02 Å². The molecule has 2 rings (SSSR count). The van der Waals surface area contributed by atoms with E-state index in [1.54, 1.807) is 12.1 Å². The van der Waals surface area contributed by atoms with E-state index >= 15 is 0 Å². The van der Waals surface area contributed by atoms with E-state index in [1.807, 2.05) is 26.0 Å². The van der Waals surface area contributed by atoms with E-state index in [2.05, 4.69) is 0 Å². The minimum atomic E-state index is -0.827. The number of hydrogen-bond acceptors (Lipinski definition) is 5. The molecule has 0 bridgehead atoms. The highest BCUT2D eigenvalue weighted by molar-refractivity contribution is 6.32. The van der Waals surface area contributed by atoms with Crippen molar-refractivity contribution in [2.45, 2.75) is 19.8 Å². The number of carbonyl (C=O) groups is 2. The highest BCUT2D eigenvalue weighted by Gasteiger charge is 2.18. The Labute approximate surface area is 149 Å². The second-order valence-electron chi connectivity index (χ2n) is 5.70. The Balaban J connectivity index is 2.03. The Kier molecular flexibility index (Phi) is 5.88. The van der Waals surface area contributed by atoms with Crippen molar-refractivity contribution in [2.24, 2.45) is 0 Å². The molecule has 0 radical (unpaired) electrons. The maximum atomic E-state index is 12.1. The number of nitrogens with zero attached hydrogens (tertiary/aromatic N) is 1. The van der Waals surface area contributed by atoms with Crippen molar-refractivity contribution in [3.63, 3.8) is 0 Å². The van der Waals surface area contributed by atoms with Crippen molar-refractivity contribution in [1.82, 2.24) is 0 Å². The number of benzene rings is 2. The fourth-order valence-corrected chi connectivity index (χ4v) is 2.32. The maximum absolute atomic E-state index is 12.1. The van der Waals surface area contributed by atoms with E-state index in [1.165, 1.54) is 12.1 Å². The molecule has 0 aliphatic heterocycles. The number of esters is 1. The SMILES string of the molecule is CC(C)c1ccc(C(=O)COC(=O)c2ccc(Cl)c([N+](=O)[O-])c2)cc1. The second kappa shape index (κ2) is 7.90. The fourth-order valence-electron chi connectivity index (χ4n) is 2.13. The molecular weight excluding hydrogens is 346 g/mol. The second-order valence-corrected chi connectivity index (χ2v) is 6.11. The summed E-state index contributed by atoms with van der Waals surface area (Å²) in [6.07, 6.45) is 0. The molecule has 25 heavy (non-hydrogen) atoms. The summed E-state index contributed by atoms with van der Waals surface area (Å²) in [6, 6.07) is 10.6. The van der Waals surface area contributed by atoms with Crippen LogP contribution in [0, 0.1) is 10.1 Å². The van der Waals surface area contributed by atoms with Crippen molar-refractivity contribution in [3.8, 4) is 0 Å². The first-order valence-corrected chi connectivity index (χ1v) is 7.91. The number of rotatable bonds is 6. The minimum Gasteiger partial charge on any atom is -0.454 e. The van der Waals surface area contributed by atoms with E-state index in [0.717, 1.165) is 11.6 Å². The summed E-state index contributed by atoms with van der Waals surface area (Å²) in [5.74, 6) is -0.832. The first kappa shape index (κ1) is 18.6. The van der Waals surface area contributed by atoms with Crippen LogP contribution in [-0.2, 0) is 4.74 Å². The summed E-state index contributed by atoms with van der Waals surface area (Å²) < 4.78 is 4.94. The number of hydrogen-bond donors (Lipinski definition) is 0. The normalized spacial score (nSPS) is 10.6. The van der Waals surface area contributed by atoms with E-state index < -0.39 is 23.2 Å². The summed E-state index contributed by atoms with van der Waals surface area (Å²) in [6.45, 7) is 3.64. The molecule has 0 N–H and O–H groups in total. The molecule has 0 atom stereocenters.